The van der Waals surface area contributed by atoms with Gasteiger partial charge in [-0.3, -0.25) is 10.1 Å². The summed E-state index contributed by atoms with van der Waals surface area (Å²) in [6.07, 6.45) is 0.306. The van der Waals surface area contributed by atoms with Crippen LogP contribution < -0.4 is 10.6 Å². The van der Waals surface area contributed by atoms with Gasteiger partial charge in [-0.15, -0.1) is 11.3 Å². The standard InChI is InChI=1S/C22H16ClFN6O4S/c23-11-2-4-14(13(24)8-11)25-22(34)26-19-18(21(32)33)12-5-6-30(9-17(12)35-19)20(31)10-1-3-15-16(7-10)28-29-27-15/h1-4,7-8H,5-6,9H2,(H,32,33)(H2,25,26,34)(H,27,28,29). The van der Waals surface area contributed by atoms with E-state index in [0.29, 0.717) is 40.0 Å². The van der Waals surface area contributed by atoms with Gasteiger partial charge in [0.25, 0.3) is 5.91 Å². The van der Waals surface area contributed by atoms with E-state index < -0.39 is 17.8 Å². The highest BCUT2D eigenvalue weighted by atomic mass is 35.5. The monoisotopic (exact) mass is 514 g/mol. The van der Waals surface area contributed by atoms with Crippen LogP contribution in [0.2, 0.25) is 5.02 Å². The SMILES string of the molecule is O=C(Nc1ccc(Cl)cc1F)Nc1sc2c(c1C(=O)O)CCN(C(=O)c1ccc3n[nH]nc3c1)C2. The van der Waals surface area contributed by atoms with Gasteiger partial charge in [-0.05, 0) is 48.4 Å². The molecule has 0 atom stereocenters. The molecule has 2 aromatic heterocycles. The van der Waals surface area contributed by atoms with E-state index in [0.717, 1.165) is 17.4 Å². The van der Waals surface area contributed by atoms with Crippen molar-refractivity contribution in [2.45, 2.75) is 13.0 Å². The highest BCUT2D eigenvalue weighted by Crippen LogP contribution is 2.37. The Kier molecular flexibility index (Phi) is 5.83. The second kappa shape index (κ2) is 8.96. The molecule has 4 aromatic rings. The zero-order chi connectivity index (χ0) is 24.7. The summed E-state index contributed by atoms with van der Waals surface area (Å²) in [6, 6.07) is 7.96. The van der Waals surface area contributed by atoms with Crippen molar-refractivity contribution in [3.05, 3.63) is 68.8 Å². The number of thiophene rings is 1. The minimum Gasteiger partial charge on any atom is -0.478 e. The first-order valence-corrected chi connectivity index (χ1v) is 11.5. The smallest absolute Gasteiger partial charge is 0.339 e. The average molecular weight is 515 g/mol. The average Bonchev–Trinajstić information content (AvgIpc) is 3.43. The minimum atomic E-state index is -1.20. The van der Waals surface area contributed by atoms with Gasteiger partial charge >= 0.3 is 12.0 Å². The van der Waals surface area contributed by atoms with Crippen LogP contribution in [0.5, 0.6) is 0 Å². The van der Waals surface area contributed by atoms with Crippen LogP contribution in [0.15, 0.2) is 36.4 Å². The number of nitrogens with one attached hydrogen (secondary N) is 3. The molecule has 2 aromatic carbocycles. The predicted molar refractivity (Wildman–Crippen MR) is 128 cm³/mol. The molecule has 3 heterocycles. The summed E-state index contributed by atoms with van der Waals surface area (Å²) < 4.78 is 14.0. The maximum absolute atomic E-state index is 14.0. The van der Waals surface area contributed by atoms with E-state index in [9.17, 15) is 23.9 Å². The second-order valence-corrected chi connectivity index (χ2v) is 9.26. The number of carbonyl (C=O) groups is 3. The van der Waals surface area contributed by atoms with Crippen LogP contribution >= 0.6 is 22.9 Å². The summed E-state index contributed by atoms with van der Waals surface area (Å²) in [4.78, 5) is 39.8. The van der Waals surface area contributed by atoms with Gasteiger partial charge < -0.3 is 15.3 Å². The maximum atomic E-state index is 14.0. The largest absolute Gasteiger partial charge is 0.478 e. The first kappa shape index (κ1) is 22.7. The van der Waals surface area contributed by atoms with E-state index in [1.54, 1.807) is 23.1 Å². The molecule has 0 bridgehead atoms. The number of H-pyrrole nitrogens is 1. The number of amides is 3. The quantitative estimate of drug-likeness (QED) is 0.319. The van der Waals surface area contributed by atoms with Gasteiger partial charge in [0.1, 0.15) is 21.9 Å². The molecule has 3 amide bonds. The van der Waals surface area contributed by atoms with Crippen molar-refractivity contribution >= 4 is 62.6 Å². The number of halogens is 2. The van der Waals surface area contributed by atoms with Crippen molar-refractivity contribution in [2.24, 2.45) is 0 Å². The molecule has 0 aliphatic carbocycles. The highest BCUT2D eigenvalue weighted by molar-refractivity contribution is 7.17. The third-order valence-corrected chi connectivity index (χ3v) is 6.89. The fraction of sp³-hybridized carbons (Fsp3) is 0.136. The van der Waals surface area contributed by atoms with Crippen LogP contribution in [0.1, 0.15) is 31.2 Å². The Morgan fingerprint density at radius 2 is 1.91 bits per heavy atom. The normalized spacial score (nSPS) is 12.9. The number of carbonyl (C=O) groups excluding carboxylic acids is 2. The second-order valence-electron chi connectivity index (χ2n) is 7.72. The molecule has 0 saturated heterocycles. The van der Waals surface area contributed by atoms with Crippen LogP contribution in [0, 0.1) is 5.82 Å². The van der Waals surface area contributed by atoms with Crippen molar-refractivity contribution in [3.63, 3.8) is 0 Å². The Labute approximate surface area is 205 Å². The number of benzene rings is 2. The molecule has 0 spiro atoms. The van der Waals surface area contributed by atoms with E-state index in [-0.39, 0.29) is 33.7 Å². The van der Waals surface area contributed by atoms with Crippen LogP contribution in [0.25, 0.3) is 11.0 Å². The first-order valence-electron chi connectivity index (χ1n) is 10.3. The van der Waals surface area contributed by atoms with Gasteiger partial charge in [-0.1, -0.05) is 11.6 Å². The van der Waals surface area contributed by atoms with Crippen LogP contribution in [0.4, 0.5) is 19.9 Å². The van der Waals surface area contributed by atoms with Crippen molar-refractivity contribution < 1.29 is 23.9 Å². The van der Waals surface area contributed by atoms with E-state index in [4.69, 9.17) is 11.6 Å². The molecule has 0 saturated carbocycles. The number of carboxylic acids is 1. The number of aromatic amines is 1. The summed E-state index contributed by atoms with van der Waals surface area (Å²) in [6.45, 7) is 0.492. The van der Waals surface area contributed by atoms with Crippen molar-refractivity contribution in [1.82, 2.24) is 20.3 Å². The Balaban J connectivity index is 1.36. The number of aromatic carboxylic acids is 1. The topological polar surface area (TPSA) is 140 Å². The van der Waals surface area contributed by atoms with Crippen LogP contribution in [-0.4, -0.2) is 49.9 Å². The summed E-state index contributed by atoms with van der Waals surface area (Å²) in [5.74, 6) is -2.16. The lowest BCUT2D eigenvalue weighted by Gasteiger charge is -2.27. The zero-order valence-corrected chi connectivity index (χ0v) is 19.3. The predicted octanol–water partition coefficient (Wildman–Crippen LogP) is 4.35. The van der Waals surface area contributed by atoms with Gasteiger partial charge in [0.05, 0.1) is 17.8 Å². The molecule has 0 radical (unpaired) electrons. The van der Waals surface area contributed by atoms with Crippen LogP contribution in [0.3, 0.4) is 0 Å². The number of aromatic nitrogens is 3. The Hall–Kier alpha value is -4.03. The number of fused-ring (bicyclic) bond motifs is 2. The molecular formula is C22H16ClFN6O4S. The van der Waals surface area contributed by atoms with Crippen molar-refractivity contribution in [3.8, 4) is 0 Å². The number of nitrogens with zero attached hydrogens (tertiary/aromatic N) is 3. The van der Waals surface area contributed by atoms with Crippen LogP contribution in [-0.2, 0) is 13.0 Å². The Morgan fingerprint density at radius 3 is 2.69 bits per heavy atom. The van der Waals surface area contributed by atoms with Crippen molar-refractivity contribution in [1.29, 1.82) is 0 Å². The zero-order valence-electron chi connectivity index (χ0n) is 17.8. The number of hydrogen-bond acceptors (Lipinski definition) is 6. The molecule has 1 aliphatic rings. The van der Waals surface area contributed by atoms with Gasteiger partial charge in [0.2, 0.25) is 0 Å². The Bertz CT molecular complexity index is 1500. The fourth-order valence-corrected chi connectivity index (χ4v) is 5.30. The molecule has 178 valence electrons. The van der Waals surface area contributed by atoms with Gasteiger partial charge in [-0.25, -0.2) is 14.0 Å². The lowest BCUT2D eigenvalue weighted by molar-refractivity contribution is 0.0696. The van der Waals surface area contributed by atoms with Crippen molar-refractivity contribution in [2.75, 3.05) is 17.2 Å². The lowest BCUT2D eigenvalue weighted by Crippen LogP contribution is -2.35. The summed E-state index contributed by atoms with van der Waals surface area (Å²) in [5.41, 5.74) is 2.06. The molecule has 35 heavy (non-hydrogen) atoms. The number of carboxylic acid groups (broad SMARTS) is 1. The molecule has 4 N–H and O–H groups in total. The Morgan fingerprint density at radius 1 is 1.11 bits per heavy atom. The molecule has 13 heteroatoms. The first-order chi connectivity index (χ1) is 16.8. The van der Waals surface area contributed by atoms with E-state index in [1.807, 2.05) is 0 Å². The third-order valence-electron chi connectivity index (χ3n) is 5.53. The van der Waals surface area contributed by atoms with Gasteiger partial charge in [-0.2, -0.15) is 15.4 Å². The number of rotatable bonds is 4. The van der Waals surface area contributed by atoms with E-state index >= 15 is 0 Å². The molecule has 10 nitrogen and oxygen atoms in total. The molecular weight excluding hydrogens is 499 g/mol. The van der Waals surface area contributed by atoms with E-state index in [2.05, 4.69) is 26.0 Å². The summed E-state index contributed by atoms with van der Waals surface area (Å²) in [7, 11) is 0. The number of hydrogen-bond donors (Lipinski definition) is 4. The third kappa shape index (κ3) is 4.40. The molecule has 0 unspecified atom stereocenters. The molecule has 5 rings (SSSR count). The fourth-order valence-electron chi connectivity index (χ4n) is 3.89. The number of urea groups is 1. The molecule has 0 fully saturated rings. The lowest BCUT2D eigenvalue weighted by atomic mass is 10.0. The van der Waals surface area contributed by atoms with Gasteiger partial charge in [0, 0.05) is 22.0 Å². The maximum Gasteiger partial charge on any atom is 0.339 e. The highest BCUT2D eigenvalue weighted by Gasteiger charge is 2.31. The summed E-state index contributed by atoms with van der Waals surface area (Å²) in [5, 5.41) is 25.4. The minimum absolute atomic E-state index is 0.0344. The van der Waals surface area contributed by atoms with Gasteiger partial charge in [0.15, 0.2) is 0 Å². The summed E-state index contributed by atoms with van der Waals surface area (Å²) >= 11 is 6.79. The van der Waals surface area contributed by atoms with E-state index in [1.165, 1.54) is 12.1 Å². The number of anilines is 2. The molecule has 1 aliphatic heterocycles.